The molecule has 1 saturated carbocycles. The third-order valence-electron chi connectivity index (χ3n) is 3.97. The summed E-state index contributed by atoms with van der Waals surface area (Å²) in [5, 5.41) is 13.7. The van der Waals surface area contributed by atoms with Crippen molar-refractivity contribution in [3.8, 4) is 0 Å². The molecule has 1 unspecified atom stereocenters. The van der Waals surface area contributed by atoms with Gasteiger partial charge in [-0.25, -0.2) is 0 Å². The minimum atomic E-state index is -0.534. The van der Waals surface area contributed by atoms with Gasteiger partial charge in [0.15, 0.2) is 0 Å². The van der Waals surface area contributed by atoms with E-state index in [0.717, 1.165) is 19.3 Å². The number of hydrogen-bond acceptors (Lipinski definition) is 3. The van der Waals surface area contributed by atoms with Crippen LogP contribution in [0, 0.1) is 15.5 Å². The number of nitrogens with one attached hydrogen (secondary N) is 1. The van der Waals surface area contributed by atoms with Gasteiger partial charge in [-0.15, -0.1) is 0 Å². The van der Waals surface area contributed by atoms with Gasteiger partial charge in [-0.3, -0.25) is 14.9 Å². The van der Waals surface area contributed by atoms with Crippen LogP contribution >= 0.6 is 11.6 Å². The predicted octanol–water partition coefficient (Wildman–Crippen LogP) is 3.56. The maximum atomic E-state index is 12.2. The Balaban J connectivity index is 2.16. The largest absolute Gasteiger partial charge is 0.349 e. The zero-order chi connectivity index (χ0) is 14.9. The Morgan fingerprint density at radius 3 is 2.70 bits per heavy atom. The topological polar surface area (TPSA) is 72.2 Å². The van der Waals surface area contributed by atoms with Crippen molar-refractivity contribution in [2.24, 2.45) is 5.41 Å². The molecule has 0 bridgehead atoms. The van der Waals surface area contributed by atoms with Gasteiger partial charge in [0, 0.05) is 18.2 Å². The molecule has 20 heavy (non-hydrogen) atoms. The van der Waals surface area contributed by atoms with Crippen LogP contribution in [0.4, 0.5) is 5.69 Å². The molecule has 1 aromatic rings. The molecule has 0 radical (unpaired) electrons. The van der Waals surface area contributed by atoms with E-state index >= 15 is 0 Å². The van der Waals surface area contributed by atoms with E-state index in [1.165, 1.54) is 18.2 Å². The number of carbonyl (C=O) groups is 1. The van der Waals surface area contributed by atoms with Gasteiger partial charge in [-0.05, 0) is 24.3 Å². The second-order valence-corrected chi connectivity index (χ2v) is 6.24. The lowest BCUT2D eigenvalue weighted by atomic mass is 9.87. The summed E-state index contributed by atoms with van der Waals surface area (Å²) in [5.74, 6) is -0.273. The molecule has 1 amide bonds. The van der Waals surface area contributed by atoms with E-state index in [9.17, 15) is 14.9 Å². The number of non-ortho nitro benzene ring substituents is 1. The second kappa shape index (κ2) is 5.40. The Bertz CT molecular complexity index is 557. The predicted molar refractivity (Wildman–Crippen MR) is 77.0 cm³/mol. The second-order valence-electron chi connectivity index (χ2n) is 5.83. The molecule has 1 aliphatic carbocycles. The molecule has 0 saturated heterocycles. The van der Waals surface area contributed by atoms with Gasteiger partial charge in [0.05, 0.1) is 15.5 Å². The van der Waals surface area contributed by atoms with Gasteiger partial charge in [-0.2, -0.15) is 0 Å². The van der Waals surface area contributed by atoms with Gasteiger partial charge in [0.1, 0.15) is 0 Å². The number of halogens is 1. The smallest absolute Gasteiger partial charge is 0.270 e. The van der Waals surface area contributed by atoms with E-state index in [2.05, 4.69) is 19.2 Å². The number of amides is 1. The van der Waals surface area contributed by atoms with Crippen molar-refractivity contribution < 1.29 is 9.72 Å². The number of hydrogen-bond donors (Lipinski definition) is 1. The molecule has 5 nitrogen and oxygen atoms in total. The van der Waals surface area contributed by atoms with E-state index in [1.807, 2.05) is 0 Å². The van der Waals surface area contributed by atoms with Crippen LogP contribution in [0.3, 0.4) is 0 Å². The normalized spacial score (nSPS) is 20.6. The van der Waals surface area contributed by atoms with Crippen molar-refractivity contribution in [2.75, 3.05) is 0 Å². The highest BCUT2D eigenvalue weighted by atomic mass is 35.5. The molecule has 1 fully saturated rings. The Labute approximate surface area is 122 Å². The summed E-state index contributed by atoms with van der Waals surface area (Å²) in [4.78, 5) is 22.3. The van der Waals surface area contributed by atoms with Crippen molar-refractivity contribution in [3.05, 3.63) is 38.9 Å². The monoisotopic (exact) mass is 296 g/mol. The number of benzene rings is 1. The minimum absolute atomic E-state index is 0.0723. The van der Waals surface area contributed by atoms with Crippen LogP contribution in [0.25, 0.3) is 0 Å². The highest BCUT2D eigenvalue weighted by Gasteiger charge is 2.35. The SMILES string of the molecule is CC1(C)CCCC1NC(=O)c1ccc([N+](=O)[O-])cc1Cl. The first-order valence-electron chi connectivity index (χ1n) is 6.56. The molecular formula is C14H17ClN2O3. The lowest BCUT2D eigenvalue weighted by Crippen LogP contribution is -2.41. The van der Waals surface area contributed by atoms with Crippen LogP contribution in [0.15, 0.2) is 18.2 Å². The van der Waals surface area contributed by atoms with Gasteiger partial charge in [-0.1, -0.05) is 31.9 Å². The van der Waals surface area contributed by atoms with Gasteiger partial charge >= 0.3 is 0 Å². The van der Waals surface area contributed by atoms with Crippen molar-refractivity contribution in [3.63, 3.8) is 0 Å². The lowest BCUT2D eigenvalue weighted by molar-refractivity contribution is -0.384. The highest BCUT2D eigenvalue weighted by molar-refractivity contribution is 6.34. The summed E-state index contributed by atoms with van der Waals surface area (Å²) in [5.41, 5.74) is 0.232. The average Bonchev–Trinajstić information content (AvgIpc) is 2.68. The van der Waals surface area contributed by atoms with Crippen molar-refractivity contribution >= 4 is 23.2 Å². The van der Waals surface area contributed by atoms with Gasteiger partial charge in [0.2, 0.25) is 0 Å². The van der Waals surface area contributed by atoms with E-state index in [1.54, 1.807) is 0 Å². The summed E-state index contributed by atoms with van der Waals surface area (Å²) in [6.07, 6.45) is 3.11. The first-order valence-corrected chi connectivity index (χ1v) is 6.94. The molecule has 1 aromatic carbocycles. The summed E-state index contributed by atoms with van der Waals surface area (Å²) in [6.45, 7) is 4.25. The molecule has 0 spiro atoms. The maximum absolute atomic E-state index is 12.2. The molecule has 1 aliphatic rings. The molecule has 2 rings (SSSR count). The standard InChI is InChI=1S/C14H17ClN2O3/c1-14(2)7-3-4-12(14)16-13(18)10-6-5-9(17(19)20)8-11(10)15/h5-6,8,12H,3-4,7H2,1-2H3,(H,16,18). The van der Waals surface area contributed by atoms with Crippen LogP contribution in [0.1, 0.15) is 43.5 Å². The van der Waals surface area contributed by atoms with Crippen LogP contribution in [0.5, 0.6) is 0 Å². The van der Waals surface area contributed by atoms with E-state index in [0.29, 0.717) is 0 Å². The molecular weight excluding hydrogens is 280 g/mol. The first-order chi connectivity index (χ1) is 9.31. The maximum Gasteiger partial charge on any atom is 0.270 e. The van der Waals surface area contributed by atoms with Crippen molar-refractivity contribution in [1.29, 1.82) is 0 Å². The summed E-state index contributed by atoms with van der Waals surface area (Å²) in [6, 6.07) is 4.01. The molecule has 0 heterocycles. The third kappa shape index (κ3) is 2.93. The summed E-state index contributed by atoms with van der Waals surface area (Å²) in [7, 11) is 0. The quantitative estimate of drug-likeness (QED) is 0.684. The van der Waals surface area contributed by atoms with Crippen LogP contribution < -0.4 is 5.32 Å². The van der Waals surface area contributed by atoms with E-state index in [4.69, 9.17) is 11.6 Å². The molecule has 108 valence electrons. The number of nitro groups is 1. The first kappa shape index (κ1) is 14.8. The number of nitro benzene ring substituents is 1. The Morgan fingerprint density at radius 1 is 1.50 bits per heavy atom. The average molecular weight is 297 g/mol. The third-order valence-corrected chi connectivity index (χ3v) is 4.28. The Morgan fingerprint density at radius 2 is 2.20 bits per heavy atom. The molecule has 6 heteroatoms. The molecule has 1 atom stereocenters. The van der Waals surface area contributed by atoms with Crippen molar-refractivity contribution in [2.45, 2.75) is 39.2 Å². The van der Waals surface area contributed by atoms with Crippen LogP contribution in [0.2, 0.25) is 5.02 Å². The zero-order valence-electron chi connectivity index (χ0n) is 11.5. The lowest BCUT2D eigenvalue weighted by Gasteiger charge is -2.27. The number of rotatable bonds is 3. The summed E-state index contributed by atoms with van der Waals surface area (Å²) >= 11 is 5.96. The zero-order valence-corrected chi connectivity index (χ0v) is 12.2. The van der Waals surface area contributed by atoms with E-state index < -0.39 is 4.92 Å². The van der Waals surface area contributed by atoms with Crippen LogP contribution in [-0.2, 0) is 0 Å². The minimum Gasteiger partial charge on any atom is -0.349 e. The van der Waals surface area contributed by atoms with Gasteiger partial charge < -0.3 is 5.32 Å². The van der Waals surface area contributed by atoms with Gasteiger partial charge in [0.25, 0.3) is 11.6 Å². The fourth-order valence-electron chi connectivity index (χ4n) is 2.63. The highest BCUT2D eigenvalue weighted by Crippen LogP contribution is 2.37. The van der Waals surface area contributed by atoms with E-state index in [-0.39, 0.29) is 33.6 Å². The van der Waals surface area contributed by atoms with Crippen LogP contribution in [-0.4, -0.2) is 16.9 Å². The summed E-state index contributed by atoms with van der Waals surface area (Å²) < 4.78 is 0. The fraction of sp³-hybridized carbons (Fsp3) is 0.500. The molecule has 0 aromatic heterocycles. The Kier molecular flexibility index (Phi) is 3.99. The number of nitrogens with zero attached hydrogens (tertiary/aromatic N) is 1. The van der Waals surface area contributed by atoms with Crippen molar-refractivity contribution in [1.82, 2.24) is 5.32 Å². The molecule has 0 aliphatic heterocycles. The Hall–Kier alpha value is -1.62. The number of carbonyl (C=O) groups excluding carboxylic acids is 1. The fourth-order valence-corrected chi connectivity index (χ4v) is 2.89. The molecule has 1 N–H and O–H groups in total.